The van der Waals surface area contributed by atoms with Gasteiger partial charge in [-0.1, -0.05) is 19.1 Å². The summed E-state index contributed by atoms with van der Waals surface area (Å²) in [6.07, 6.45) is 3.54. The lowest BCUT2D eigenvalue weighted by Crippen LogP contribution is -2.44. The average Bonchev–Trinajstić information content (AvgIpc) is 3.51. The predicted octanol–water partition coefficient (Wildman–Crippen LogP) is 2.65. The maximum absolute atomic E-state index is 13.4. The Labute approximate surface area is 204 Å². The van der Waals surface area contributed by atoms with Gasteiger partial charge in [0.15, 0.2) is 5.69 Å². The molecule has 34 heavy (non-hydrogen) atoms. The van der Waals surface area contributed by atoms with Crippen molar-refractivity contribution in [2.75, 3.05) is 19.7 Å². The van der Waals surface area contributed by atoms with Crippen LogP contribution in [-0.4, -0.2) is 60.8 Å². The fraction of sp³-hybridized carbons (Fsp3) is 0.520. The summed E-state index contributed by atoms with van der Waals surface area (Å²) < 4.78 is 1.32. The number of nitrogens with one attached hydrogen (secondary N) is 1. The van der Waals surface area contributed by atoms with Crippen molar-refractivity contribution in [1.29, 1.82) is 5.26 Å². The molecule has 1 aliphatic carbocycles. The number of fused-ring (bicyclic) bond motifs is 1. The van der Waals surface area contributed by atoms with Crippen LogP contribution < -0.4 is 5.32 Å². The molecule has 2 heterocycles. The lowest BCUT2D eigenvalue weighted by atomic mass is 10.0. The van der Waals surface area contributed by atoms with Crippen molar-refractivity contribution in [1.82, 2.24) is 20.0 Å². The van der Waals surface area contributed by atoms with Gasteiger partial charge in [-0.25, -0.2) is 0 Å². The molecule has 2 amide bonds. The zero-order valence-electron chi connectivity index (χ0n) is 19.9. The van der Waals surface area contributed by atoms with Gasteiger partial charge in [0.05, 0.1) is 18.2 Å². The third kappa shape index (κ3) is 4.84. The fourth-order valence-corrected chi connectivity index (χ4v) is 6.17. The van der Waals surface area contributed by atoms with Crippen molar-refractivity contribution < 1.29 is 14.7 Å². The van der Waals surface area contributed by atoms with Crippen molar-refractivity contribution in [3.63, 3.8) is 0 Å². The molecule has 9 heteroatoms. The number of aromatic nitrogens is 2. The number of benzene rings is 1. The molecule has 0 spiro atoms. The van der Waals surface area contributed by atoms with Crippen LogP contribution in [0, 0.1) is 11.3 Å². The first-order chi connectivity index (χ1) is 16.2. The summed E-state index contributed by atoms with van der Waals surface area (Å²) in [6, 6.07) is 9.12. The summed E-state index contributed by atoms with van der Waals surface area (Å²) in [4.78, 5) is 28.1. The van der Waals surface area contributed by atoms with Gasteiger partial charge in [0, 0.05) is 41.7 Å². The zero-order valence-corrected chi connectivity index (χ0v) is 20.7. The van der Waals surface area contributed by atoms with Gasteiger partial charge in [-0.3, -0.25) is 14.3 Å². The molecule has 2 N–H and O–H groups in total. The van der Waals surface area contributed by atoms with Crippen LogP contribution in [0.3, 0.4) is 0 Å². The van der Waals surface area contributed by atoms with Gasteiger partial charge in [-0.15, -0.1) is 11.8 Å². The van der Waals surface area contributed by atoms with E-state index in [2.05, 4.69) is 30.3 Å². The number of aryl methyl sites for hydroxylation is 1. The Morgan fingerprint density at radius 2 is 2.06 bits per heavy atom. The number of nitriles is 1. The van der Waals surface area contributed by atoms with Crippen molar-refractivity contribution >= 4 is 23.6 Å². The van der Waals surface area contributed by atoms with Gasteiger partial charge in [-0.05, 0) is 50.3 Å². The molecule has 0 radical (unpaired) electrons. The van der Waals surface area contributed by atoms with E-state index in [1.807, 2.05) is 16.7 Å². The maximum Gasteiger partial charge on any atom is 0.272 e. The highest BCUT2D eigenvalue weighted by molar-refractivity contribution is 8.02. The molecule has 1 unspecified atom stereocenters. The quantitative estimate of drug-likeness (QED) is 0.570. The normalized spacial score (nSPS) is 18.1. The van der Waals surface area contributed by atoms with Crippen molar-refractivity contribution in [3.05, 3.63) is 52.3 Å². The first-order valence-electron chi connectivity index (χ1n) is 11.7. The Morgan fingerprint density at radius 1 is 1.35 bits per heavy atom. The van der Waals surface area contributed by atoms with Crippen LogP contribution in [-0.2, 0) is 20.0 Å². The number of amides is 2. The molecule has 0 saturated heterocycles. The van der Waals surface area contributed by atoms with Gasteiger partial charge in [-0.2, -0.15) is 10.4 Å². The van der Waals surface area contributed by atoms with E-state index in [9.17, 15) is 14.7 Å². The van der Waals surface area contributed by atoms with Crippen molar-refractivity contribution in [2.24, 2.45) is 7.05 Å². The third-order valence-electron chi connectivity index (χ3n) is 6.85. The first-order valence-corrected chi connectivity index (χ1v) is 12.5. The second-order valence-electron chi connectivity index (χ2n) is 9.51. The largest absolute Gasteiger partial charge is 0.395 e. The van der Waals surface area contributed by atoms with E-state index >= 15 is 0 Å². The van der Waals surface area contributed by atoms with E-state index < -0.39 is 0 Å². The standard InChI is InChI=1S/C25H31N5O3S/c1-4-24(2,16-31)34-25(10-11-25)15-30-12-9-19-20(28-29(3)21(19)23(30)33)22(32)27-14-18-7-5-17(13-26)6-8-18/h5-8,31H,4,9-12,14-16H2,1-3H3,(H,27,32). The summed E-state index contributed by atoms with van der Waals surface area (Å²) >= 11 is 1.81. The minimum atomic E-state index is -0.307. The van der Waals surface area contributed by atoms with Crippen LogP contribution in [0.15, 0.2) is 24.3 Å². The molecule has 1 aromatic heterocycles. The Balaban J connectivity index is 1.44. The number of thioether (sulfide) groups is 1. The molecule has 4 rings (SSSR count). The molecule has 1 aliphatic heterocycles. The molecule has 1 aromatic carbocycles. The first kappa shape index (κ1) is 24.3. The van der Waals surface area contributed by atoms with Crippen LogP contribution in [0.1, 0.15) is 70.8 Å². The molecule has 1 fully saturated rings. The summed E-state index contributed by atoms with van der Waals surface area (Å²) in [6.45, 7) is 5.81. The van der Waals surface area contributed by atoms with Gasteiger partial charge >= 0.3 is 0 Å². The van der Waals surface area contributed by atoms with E-state index in [0.717, 1.165) is 24.8 Å². The van der Waals surface area contributed by atoms with E-state index in [1.165, 1.54) is 4.68 Å². The third-order valence-corrected chi connectivity index (χ3v) is 8.73. The Hall–Kier alpha value is -2.83. The van der Waals surface area contributed by atoms with E-state index in [1.54, 1.807) is 31.3 Å². The van der Waals surface area contributed by atoms with Gasteiger partial charge < -0.3 is 15.3 Å². The fourth-order valence-electron chi connectivity index (χ4n) is 4.39. The number of hydrogen-bond donors (Lipinski definition) is 2. The molecule has 8 nitrogen and oxygen atoms in total. The minimum absolute atomic E-state index is 0.000542. The molecular formula is C25H31N5O3S. The number of aliphatic hydroxyl groups excluding tert-OH is 1. The zero-order chi connectivity index (χ0) is 24.5. The lowest BCUT2D eigenvalue weighted by molar-refractivity contribution is 0.0725. The summed E-state index contributed by atoms with van der Waals surface area (Å²) in [5.74, 6) is -0.394. The van der Waals surface area contributed by atoms with Crippen LogP contribution in [0.5, 0.6) is 0 Å². The van der Waals surface area contributed by atoms with E-state index in [4.69, 9.17) is 5.26 Å². The number of hydrogen-bond acceptors (Lipinski definition) is 6. The Morgan fingerprint density at radius 3 is 2.65 bits per heavy atom. The Bertz CT molecular complexity index is 1130. The van der Waals surface area contributed by atoms with Crippen LogP contribution in [0.4, 0.5) is 0 Å². The topological polar surface area (TPSA) is 111 Å². The molecular weight excluding hydrogens is 450 g/mol. The second kappa shape index (κ2) is 9.43. The summed E-state index contributed by atoms with van der Waals surface area (Å²) in [7, 11) is 1.71. The molecule has 1 atom stereocenters. The number of nitrogens with zero attached hydrogens (tertiary/aromatic N) is 4. The number of aliphatic hydroxyl groups is 1. The maximum atomic E-state index is 13.4. The van der Waals surface area contributed by atoms with E-state index in [-0.39, 0.29) is 27.9 Å². The molecule has 2 aromatic rings. The monoisotopic (exact) mass is 481 g/mol. The summed E-state index contributed by atoms with van der Waals surface area (Å²) in [5.41, 5.74) is 2.93. The average molecular weight is 482 g/mol. The van der Waals surface area contributed by atoms with Crippen LogP contribution in [0.25, 0.3) is 0 Å². The molecule has 180 valence electrons. The van der Waals surface area contributed by atoms with Crippen LogP contribution in [0.2, 0.25) is 0 Å². The minimum Gasteiger partial charge on any atom is -0.395 e. The number of carbonyl (C=O) groups excluding carboxylic acids is 2. The van der Waals surface area contributed by atoms with E-state index in [0.29, 0.717) is 48.6 Å². The molecule has 0 bridgehead atoms. The van der Waals surface area contributed by atoms with Crippen molar-refractivity contribution in [2.45, 2.75) is 55.6 Å². The number of carbonyl (C=O) groups is 2. The van der Waals surface area contributed by atoms with Gasteiger partial charge in [0.2, 0.25) is 0 Å². The Kier molecular flexibility index (Phi) is 6.74. The SMILES string of the molecule is CCC(C)(CO)SC1(CN2CCc3c(C(=O)NCc4ccc(C#N)cc4)nn(C)c3C2=O)CC1. The van der Waals surface area contributed by atoms with Crippen molar-refractivity contribution in [3.8, 4) is 6.07 Å². The van der Waals surface area contributed by atoms with Gasteiger partial charge in [0.25, 0.3) is 11.8 Å². The van der Waals surface area contributed by atoms with Crippen LogP contribution >= 0.6 is 11.8 Å². The molecule has 1 saturated carbocycles. The summed E-state index contributed by atoms with van der Waals surface area (Å²) in [5, 5.41) is 26.0. The number of rotatable bonds is 9. The lowest BCUT2D eigenvalue weighted by Gasteiger charge is -2.35. The molecule has 2 aliphatic rings. The highest BCUT2D eigenvalue weighted by Crippen LogP contribution is 2.54. The highest BCUT2D eigenvalue weighted by atomic mass is 32.2. The highest BCUT2D eigenvalue weighted by Gasteiger charge is 2.50. The second-order valence-corrected chi connectivity index (χ2v) is 11.6. The van der Waals surface area contributed by atoms with Gasteiger partial charge in [0.1, 0.15) is 5.69 Å². The smallest absolute Gasteiger partial charge is 0.272 e. The predicted molar refractivity (Wildman–Crippen MR) is 130 cm³/mol.